The molecule has 1 aromatic heterocycles. The number of nitrogens with zero attached hydrogens (tertiary/aromatic N) is 1. The molecule has 1 N–H and O–H groups in total. The molecule has 0 unspecified atom stereocenters. The fraction of sp³-hybridized carbons (Fsp3) is 0.346. The molecule has 3 aromatic rings. The van der Waals surface area contributed by atoms with Crippen LogP contribution in [0.5, 0.6) is 5.75 Å². The summed E-state index contributed by atoms with van der Waals surface area (Å²) in [6, 6.07) is 17.3. The largest absolute Gasteiger partial charge is 0.490 e. The van der Waals surface area contributed by atoms with E-state index in [0.717, 1.165) is 25.1 Å². The topological polar surface area (TPSA) is 34.2 Å². The van der Waals surface area contributed by atoms with Crippen molar-refractivity contribution in [2.45, 2.75) is 57.7 Å². The van der Waals surface area contributed by atoms with E-state index in [-0.39, 0.29) is 5.54 Å². The second-order valence-corrected chi connectivity index (χ2v) is 8.60. The van der Waals surface area contributed by atoms with Crippen molar-refractivity contribution < 1.29 is 4.74 Å². The van der Waals surface area contributed by atoms with Crippen LogP contribution in [0.15, 0.2) is 60.9 Å². The Morgan fingerprint density at radius 1 is 1.03 bits per heavy atom. The number of benzene rings is 2. The van der Waals surface area contributed by atoms with Gasteiger partial charge in [-0.05, 0) is 73.9 Å². The molecule has 5 rings (SSSR count). The van der Waals surface area contributed by atoms with Crippen molar-refractivity contribution in [2.24, 2.45) is 0 Å². The summed E-state index contributed by atoms with van der Waals surface area (Å²) in [5.41, 5.74) is 7.74. The van der Waals surface area contributed by atoms with E-state index in [2.05, 4.69) is 72.7 Å². The van der Waals surface area contributed by atoms with Gasteiger partial charge in [0.2, 0.25) is 0 Å². The van der Waals surface area contributed by atoms with Crippen molar-refractivity contribution in [1.29, 1.82) is 0 Å². The zero-order valence-corrected chi connectivity index (χ0v) is 17.2. The van der Waals surface area contributed by atoms with Crippen LogP contribution in [0.4, 0.5) is 0 Å². The maximum atomic E-state index is 6.22. The third-order valence-corrected chi connectivity index (χ3v) is 6.20. The van der Waals surface area contributed by atoms with E-state index in [0.29, 0.717) is 6.10 Å². The van der Waals surface area contributed by atoms with Gasteiger partial charge in [-0.1, -0.05) is 42.0 Å². The monoisotopic (exact) mass is 384 g/mol. The third kappa shape index (κ3) is 3.79. The highest BCUT2D eigenvalue weighted by Gasteiger charge is 2.45. The first-order valence-corrected chi connectivity index (χ1v) is 10.7. The summed E-state index contributed by atoms with van der Waals surface area (Å²) in [7, 11) is 0. The first-order chi connectivity index (χ1) is 14.1. The van der Waals surface area contributed by atoms with Crippen LogP contribution in [-0.2, 0) is 12.1 Å². The predicted octanol–water partition coefficient (Wildman–Crippen LogP) is 5.69. The molecule has 0 atom stereocenters. The van der Waals surface area contributed by atoms with Crippen molar-refractivity contribution in [3.05, 3.63) is 83.2 Å². The first kappa shape index (κ1) is 18.4. The summed E-state index contributed by atoms with van der Waals surface area (Å²) < 4.78 is 6.22. The highest BCUT2D eigenvalue weighted by Crippen LogP contribution is 2.50. The van der Waals surface area contributed by atoms with Gasteiger partial charge in [0, 0.05) is 30.0 Å². The number of nitrogens with one attached hydrogen (secondary N) is 1. The normalized spacial score (nSPS) is 17.2. The molecule has 3 nitrogen and oxygen atoms in total. The molecule has 0 radical (unpaired) electrons. The summed E-state index contributed by atoms with van der Waals surface area (Å²) in [6.45, 7) is 5.23. The fourth-order valence-corrected chi connectivity index (χ4v) is 4.09. The minimum atomic E-state index is 0.00642. The highest BCUT2D eigenvalue weighted by molar-refractivity contribution is 5.74. The first-order valence-electron chi connectivity index (χ1n) is 10.7. The lowest BCUT2D eigenvalue weighted by atomic mass is 9.94. The number of aryl methyl sites for hydroxylation is 2. The van der Waals surface area contributed by atoms with Crippen molar-refractivity contribution in [2.75, 3.05) is 0 Å². The number of rotatable bonds is 7. The fourth-order valence-electron chi connectivity index (χ4n) is 4.09. The predicted molar refractivity (Wildman–Crippen MR) is 117 cm³/mol. The maximum Gasteiger partial charge on any atom is 0.127 e. The molecular weight excluding hydrogens is 356 g/mol. The van der Waals surface area contributed by atoms with E-state index >= 15 is 0 Å². The maximum absolute atomic E-state index is 6.22. The van der Waals surface area contributed by atoms with Gasteiger partial charge in [0.25, 0.3) is 0 Å². The zero-order valence-electron chi connectivity index (χ0n) is 17.2. The molecule has 0 spiro atoms. The summed E-state index contributed by atoms with van der Waals surface area (Å²) in [5.74, 6) is 0.993. The molecule has 2 aromatic carbocycles. The van der Waals surface area contributed by atoms with Crippen molar-refractivity contribution in [3.63, 3.8) is 0 Å². The molecule has 0 amide bonds. The number of ether oxygens (including phenoxy) is 1. The number of para-hydroxylation sites is 1. The van der Waals surface area contributed by atoms with E-state index in [1.807, 2.05) is 12.4 Å². The summed E-state index contributed by atoms with van der Waals surface area (Å²) in [6.07, 6.45) is 8.95. The van der Waals surface area contributed by atoms with Crippen LogP contribution in [0.25, 0.3) is 11.1 Å². The molecule has 0 bridgehead atoms. The quantitative estimate of drug-likeness (QED) is 0.568. The Morgan fingerprint density at radius 3 is 2.66 bits per heavy atom. The Morgan fingerprint density at radius 2 is 1.86 bits per heavy atom. The van der Waals surface area contributed by atoms with Crippen molar-refractivity contribution in [3.8, 4) is 16.9 Å². The molecule has 1 heterocycles. The standard InChI is InChI=1S/C26H28N2O/c1-18-7-8-19(2)20(15-18)16-28-26(12-13-26)24-17-27-14-11-22(24)23-5-3-4-6-25(23)29-21-9-10-21/h3-8,11,14-15,17,21,28H,9-10,12-13,16H2,1-2H3. The van der Waals surface area contributed by atoms with Crippen LogP contribution in [0.1, 0.15) is 47.9 Å². The van der Waals surface area contributed by atoms with Gasteiger partial charge in [-0.15, -0.1) is 0 Å². The van der Waals surface area contributed by atoms with Gasteiger partial charge in [-0.3, -0.25) is 4.98 Å². The Bertz CT molecular complexity index is 1030. The van der Waals surface area contributed by atoms with Crippen LogP contribution < -0.4 is 10.1 Å². The lowest BCUT2D eigenvalue weighted by Gasteiger charge is -2.23. The molecule has 29 heavy (non-hydrogen) atoms. The molecule has 0 saturated heterocycles. The zero-order chi connectivity index (χ0) is 19.8. The third-order valence-electron chi connectivity index (χ3n) is 6.20. The van der Waals surface area contributed by atoms with Crippen LogP contribution in [0, 0.1) is 13.8 Å². The van der Waals surface area contributed by atoms with Gasteiger partial charge < -0.3 is 10.1 Å². The Labute approximate surface area is 173 Å². The summed E-state index contributed by atoms with van der Waals surface area (Å²) in [5, 5.41) is 3.87. The van der Waals surface area contributed by atoms with Gasteiger partial charge in [0.15, 0.2) is 0 Å². The smallest absolute Gasteiger partial charge is 0.127 e. The molecule has 2 fully saturated rings. The minimum absolute atomic E-state index is 0.00642. The van der Waals surface area contributed by atoms with E-state index in [1.54, 1.807) is 0 Å². The van der Waals surface area contributed by atoms with E-state index in [1.165, 1.54) is 46.2 Å². The van der Waals surface area contributed by atoms with Crippen LogP contribution in [0.3, 0.4) is 0 Å². The second kappa shape index (κ2) is 7.31. The average Bonchev–Trinajstić information content (AvgIpc) is 3.66. The van der Waals surface area contributed by atoms with Gasteiger partial charge in [-0.25, -0.2) is 0 Å². The van der Waals surface area contributed by atoms with Crippen molar-refractivity contribution in [1.82, 2.24) is 10.3 Å². The van der Waals surface area contributed by atoms with Crippen LogP contribution >= 0.6 is 0 Å². The molecule has 2 aliphatic rings. The summed E-state index contributed by atoms with van der Waals surface area (Å²) >= 11 is 0. The van der Waals surface area contributed by atoms with Gasteiger partial charge >= 0.3 is 0 Å². The van der Waals surface area contributed by atoms with Gasteiger partial charge in [0.05, 0.1) is 6.10 Å². The molecule has 3 heteroatoms. The summed E-state index contributed by atoms with van der Waals surface area (Å²) in [4.78, 5) is 4.49. The van der Waals surface area contributed by atoms with Gasteiger partial charge in [-0.2, -0.15) is 0 Å². The van der Waals surface area contributed by atoms with Crippen LogP contribution in [-0.4, -0.2) is 11.1 Å². The number of hydrogen-bond acceptors (Lipinski definition) is 3. The lowest BCUT2D eigenvalue weighted by molar-refractivity contribution is 0.304. The number of hydrogen-bond donors (Lipinski definition) is 1. The molecule has 2 aliphatic carbocycles. The Balaban J connectivity index is 1.46. The Kier molecular flexibility index (Phi) is 4.63. The van der Waals surface area contributed by atoms with Gasteiger partial charge in [0.1, 0.15) is 5.75 Å². The number of aromatic nitrogens is 1. The SMILES string of the molecule is Cc1ccc(C)c(CNC2(c3cnccc3-c3ccccc3OC3CC3)CC2)c1. The molecule has 148 valence electrons. The lowest BCUT2D eigenvalue weighted by Crippen LogP contribution is -2.29. The van der Waals surface area contributed by atoms with E-state index < -0.39 is 0 Å². The minimum Gasteiger partial charge on any atom is -0.490 e. The molecular formula is C26H28N2O. The van der Waals surface area contributed by atoms with Crippen LogP contribution in [0.2, 0.25) is 0 Å². The highest BCUT2D eigenvalue weighted by atomic mass is 16.5. The number of pyridine rings is 1. The molecule has 2 saturated carbocycles. The molecule has 0 aliphatic heterocycles. The second-order valence-electron chi connectivity index (χ2n) is 8.60. The Hall–Kier alpha value is -2.65. The van der Waals surface area contributed by atoms with E-state index in [4.69, 9.17) is 4.74 Å². The van der Waals surface area contributed by atoms with E-state index in [9.17, 15) is 0 Å². The average molecular weight is 385 g/mol. The van der Waals surface area contributed by atoms with Crippen molar-refractivity contribution >= 4 is 0 Å².